The van der Waals surface area contributed by atoms with Gasteiger partial charge < -0.3 is 10.0 Å². The van der Waals surface area contributed by atoms with Crippen LogP contribution in [0.3, 0.4) is 0 Å². The molecular weight excluding hydrogens is 274 g/mol. The molecule has 0 spiro atoms. The lowest BCUT2D eigenvalue weighted by Crippen LogP contribution is -2.39. The molecule has 0 aliphatic heterocycles. The minimum absolute atomic E-state index is 0.109. The Bertz CT molecular complexity index is 534. The second-order valence-corrected chi connectivity index (χ2v) is 7.15. The molecule has 120 valence electrons. The van der Waals surface area contributed by atoms with Gasteiger partial charge in [0.1, 0.15) is 0 Å². The van der Waals surface area contributed by atoms with Gasteiger partial charge in [-0.05, 0) is 49.7 Å². The standard InChI is InChI=1S/C19H27NO2/c1-20(13-12-19(22)10-4-5-11-19)18(21)17-9-8-15-6-2-3-7-16(15)14-17/h2-3,6-7,17,22H,4-5,8-14H2,1H3/t17-/m0/s1. The molecule has 0 aromatic heterocycles. The van der Waals surface area contributed by atoms with Gasteiger partial charge in [0.05, 0.1) is 5.60 Å². The van der Waals surface area contributed by atoms with Crippen LogP contribution in [-0.2, 0) is 17.6 Å². The topological polar surface area (TPSA) is 40.5 Å². The summed E-state index contributed by atoms with van der Waals surface area (Å²) in [4.78, 5) is 14.5. The first-order chi connectivity index (χ1) is 10.6. The van der Waals surface area contributed by atoms with Gasteiger partial charge in [0, 0.05) is 19.5 Å². The number of hydrogen-bond acceptors (Lipinski definition) is 2. The number of aryl methyl sites for hydroxylation is 1. The highest BCUT2D eigenvalue weighted by atomic mass is 16.3. The predicted molar refractivity (Wildman–Crippen MR) is 87.6 cm³/mol. The number of fused-ring (bicyclic) bond motifs is 1. The van der Waals surface area contributed by atoms with Crippen LogP contribution in [0.1, 0.15) is 49.7 Å². The van der Waals surface area contributed by atoms with E-state index in [9.17, 15) is 9.90 Å². The van der Waals surface area contributed by atoms with Crippen molar-refractivity contribution in [3.05, 3.63) is 35.4 Å². The van der Waals surface area contributed by atoms with Crippen LogP contribution in [0.15, 0.2) is 24.3 Å². The highest BCUT2D eigenvalue weighted by Gasteiger charge is 2.32. The molecule has 1 aromatic rings. The van der Waals surface area contributed by atoms with Crippen LogP contribution in [0.4, 0.5) is 0 Å². The highest BCUT2D eigenvalue weighted by molar-refractivity contribution is 5.79. The largest absolute Gasteiger partial charge is 0.390 e. The average molecular weight is 301 g/mol. The third-order valence-electron chi connectivity index (χ3n) is 5.52. The van der Waals surface area contributed by atoms with Crippen molar-refractivity contribution in [2.24, 2.45) is 5.92 Å². The Hall–Kier alpha value is -1.35. The fraction of sp³-hybridized carbons (Fsp3) is 0.632. The van der Waals surface area contributed by atoms with Gasteiger partial charge in [0.2, 0.25) is 5.91 Å². The summed E-state index contributed by atoms with van der Waals surface area (Å²) in [6.45, 7) is 0.674. The summed E-state index contributed by atoms with van der Waals surface area (Å²) in [7, 11) is 1.89. The van der Waals surface area contributed by atoms with Crippen molar-refractivity contribution in [3.63, 3.8) is 0 Å². The molecule has 3 nitrogen and oxygen atoms in total. The van der Waals surface area contributed by atoms with Gasteiger partial charge in [0.25, 0.3) is 0 Å². The van der Waals surface area contributed by atoms with Crippen molar-refractivity contribution in [1.29, 1.82) is 0 Å². The van der Waals surface area contributed by atoms with Crippen molar-refractivity contribution < 1.29 is 9.90 Å². The van der Waals surface area contributed by atoms with Crippen LogP contribution in [0.25, 0.3) is 0 Å². The van der Waals surface area contributed by atoms with E-state index in [1.165, 1.54) is 11.1 Å². The summed E-state index contributed by atoms with van der Waals surface area (Å²) < 4.78 is 0. The summed E-state index contributed by atoms with van der Waals surface area (Å²) in [6.07, 6.45) is 7.57. The smallest absolute Gasteiger partial charge is 0.225 e. The quantitative estimate of drug-likeness (QED) is 0.929. The van der Waals surface area contributed by atoms with Crippen LogP contribution in [-0.4, -0.2) is 35.1 Å². The molecular formula is C19H27NO2. The van der Waals surface area contributed by atoms with Crippen molar-refractivity contribution in [1.82, 2.24) is 4.90 Å². The van der Waals surface area contributed by atoms with Crippen molar-refractivity contribution in [3.8, 4) is 0 Å². The van der Waals surface area contributed by atoms with E-state index in [1.54, 1.807) is 0 Å². The van der Waals surface area contributed by atoms with Crippen LogP contribution >= 0.6 is 0 Å². The number of aliphatic hydroxyl groups is 1. The molecule has 1 aromatic carbocycles. The maximum absolute atomic E-state index is 12.7. The summed E-state index contributed by atoms with van der Waals surface area (Å²) in [6, 6.07) is 8.46. The molecule has 3 rings (SSSR count). The number of amides is 1. The van der Waals surface area contributed by atoms with E-state index in [0.717, 1.165) is 51.4 Å². The summed E-state index contributed by atoms with van der Waals surface area (Å²) in [5.41, 5.74) is 2.21. The number of nitrogens with zero attached hydrogens (tertiary/aromatic N) is 1. The van der Waals surface area contributed by atoms with Crippen LogP contribution in [0, 0.1) is 5.92 Å². The fourth-order valence-corrected chi connectivity index (χ4v) is 3.99. The maximum Gasteiger partial charge on any atom is 0.225 e. The summed E-state index contributed by atoms with van der Waals surface area (Å²) >= 11 is 0. The number of carbonyl (C=O) groups is 1. The molecule has 0 unspecified atom stereocenters. The molecule has 22 heavy (non-hydrogen) atoms. The Morgan fingerprint density at radius 2 is 1.95 bits per heavy atom. The normalized spacial score (nSPS) is 23.1. The van der Waals surface area contributed by atoms with Crippen LogP contribution in [0.2, 0.25) is 0 Å². The Kier molecular flexibility index (Phi) is 4.53. The molecule has 0 bridgehead atoms. The van der Waals surface area contributed by atoms with Crippen LogP contribution in [0.5, 0.6) is 0 Å². The Labute approximate surface area is 133 Å². The third-order valence-corrected chi connectivity index (χ3v) is 5.52. The minimum Gasteiger partial charge on any atom is -0.390 e. The van der Waals surface area contributed by atoms with Gasteiger partial charge in [-0.2, -0.15) is 0 Å². The van der Waals surface area contributed by atoms with E-state index in [4.69, 9.17) is 0 Å². The zero-order chi connectivity index (χ0) is 15.6. The van der Waals surface area contributed by atoms with Crippen LogP contribution < -0.4 is 0 Å². The number of rotatable bonds is 4. The zero-order valence-corrected chi connectivity index (χ0v) is 13.6. The Morgan fingerprint density at radius 1 is 1.27 bits per heavy atom. The first-order valence-electron chi connectivity index (χ1n) is 8.62. The number of hydrogen-bond donors (Lipinski definition) is 1. The summed E-state index contributed by atoms with van der Waals surface area (Å²) in [5, 5.41) is 10.4. The first-order valence-corrected chi connectivity index (χ1v) is 8.62. The van der Waals surface area contributed by atoms with Crippen molar-refractivity contribution in [2.45, 2.75) is 57.0 Å². The van der Waals surface area contributed by atoms with Gasteiger partial charge in [-0.15, -0.1) is 0 Å². The molecule has 0 heterocycles. The molecule has 2 aliphatic carbocycles. The lowest BCUT2D eigenvalue weighted by molar-refractivity contribution is -0.135. The lowest BCUT2D eigenvalue weighted by Gasteiger charge is -2.30. The molecule has 0 radical (unpaired) electrons. The minimum atomic E-state index is -0.520. The molecule has 1 atom stereocenters. The molecule has 1 saturated carbocycles. The van der Waals surface area contributed by atoms with Gasteiger partial charge in [-0.1, -0.05) is 37.1 Å². The lowest BCUT2D eigenvalue weighted by atomic mass is 9.83. The maximum atomic E-state index is 12.7. The number of benzene rings is 1. The van der Waals surface area contributed by atoms with E-state index in [2.05, 4.69) is 24.3 Å². The highest BCUT2D eigenvalue weighted by Crippen LogP contribution is 2.33. The fourth-order valence-electron chi connectivity index (χ4n) is 3.99. The Morgan fingerprint density at radius 3 is 2.68 bits per heavy atom. The first kappa shape index (κ1) is 15.5. The van der Waals surface area contributed by atoms with E-state index >= 15 is 0 Å². The zero-order valence-electron chi connectivity index (χ0n) is 13.6. The third kappa shape index (κ3) is 3.35. The Balaban J connectivity index is 1.55. The summed E-state index contributed by atoms with van der Waals surface area (Å²) in [5.74, 6) is 0.356. The van der Waals surface area contributed by atoms with E-state index in [1.807, 2.05) is 11.9 Å². The van der Waals surface area contributed by atoms with Crippen molar-refractivity contribution >= 4 is 5.91 Å². The second-order valence-electron chi connectivity index (χ2n) is 7.15. The second kappa shape index (κ2) is 6.41. The average Bonchev–Trinajstić information content (AvgIpc) is 2.98. The van der Waals surface area contributed by atoms with Gasteiger partial charge in [-0.25, -0.2) is 0 Å². The molecule has 2 aliphatic rings. The van der Waals surface area contributed by atoms with E-state index in [-0.39, 0.29) is 11.8 Å². The molecule has 0 saturated heterocycles. The van der Waals surface area contributed by atoms with Gasteiger partial charge >= 0.3 is 0 Å². The van der Waals surface area contributed by atoms with Crippen molar-refractivity contribution in [2.75, 3.05) is 13.6 Å². The molecule has 1 fully saturated rings. The van der Waals surface area contributed by atoms with E-state index < -0.39 is 5.60 Å². The van der Waals surface area contributed by atoms with E-state index in [0.29, 0.717) is 6.54 Å². The number of carbonyl (C=O) groups excluding carboxylic acids is 1. The van der Waals surface area contributed by atoms with Gasteiger partial charge in [0.15, 0.2) is 0 Å². The monoisotopic (exact) mass is 301 g/mol. The molecule has 1 amide bonds. The molecule has 1 N–H and O–H groups in total. The molecule has 3 heteroatoms. The SMILES string of the molecule is CN(CCC1(O)CCCC1)C(=O)[C@H]1CCc2ccccc2C1. The van der Waals surface area contributed by atoms with Gasteiger partial charge in [-0.3, -0.25) is 4.79 Å². The predicted octanol–water partition coefficient (Wildman–Crippen LogP) is 2.95.